The van der Waals surface area contributed by atoms with Crippen LogP contribution in [0, 0.1) is 0 Å². The zero-order valence-corrected chi connectivity index (χ0v) is 16.6. The Hall–Kier alpha value is -3.13. The lowest BCUT2D eigenvalue weighted by Gasteiger charge is -2.03. The first kappa shape index (κ1) is 18.2. The number of hydrogen-bond acceptors (Lipinski definition) is 5. The van der Waals surface area contributed by atoms with E-state index in [1.807, 2.05) is 48.7 Å². The minimum Gasteiger partial charge on any atom is -0.497 e. The molecule has 142 valence electrons. The quantitative estimate of drug-likeness (QED) is 0.473. The minimum absolute atomic E-state index is 0.0597. The van der Waals surface area contributed by atoms with Gasteiger partial charge in [0.25, 0.3) is 0 Å². The number of fused-ring (bicyclic) bond motifs is 1. The van der Waals surface area contributed by atoms with Gasteiger partial charge in [-0.05, 0) is 48.4 Å². The second-order valence-electron chi connectivity index (χ2n) is 6.15. The average Bonchev–Trinajstić information content (AvgIpc) is 3.35. The second kappa shape index (κ2) is 7.85. The van der Waals surface area contributed by atoms with Crippen molar-refractivity contribution in [3.05, 3.63) is 64.6 Å². The predicted molar refractivity (Wildman–Crippen MR) is 108 cm³/mol. The number of nitrogens with one attached hydrogen (secondary N) is 2. The van der Waals surface area contributed by atoms with Gasteiger partial charge in [-0.3, -0.25) is 4.79 Å². The third-order valence-electron chi connectivity index (χ3n) is 4.35. The first-order valence-electron chi connectivity index (χ1n) is 8.65. The van der Waals surface area contributed by atoms with E-state index >= 15 is 0 Å². The van der Waals surface area contributed by atoms with Crippen molar-refractivity contribution in [2.75, 3.05) is 13.7 Å². The van der Waals surface area contributed by atoms with E-state index in [2.05, 4.69) is 36.4 Å². The van der Waals surface area contributed by atoms with Gasteiger partial charge in [0.05, 0.1) is 7.11 Å². The largest absolute Gasteiger partial charge is 0.497 e. The van der Waals surface area contributed by atoms with Gasteiger partial charge >= 0.3 is 11.8 Å². The maximum atomic E-state index is 12.3. The van der Waals surface area contributed by atoms with Gasteiger partial charge < -0.3 is 19.5 Å². The number of rotatable bonds is 6. The Kier molecular flexibility index (Phi) is 5.12. The number of benzene rings is 2. The van der Waals surface area contributed by atoms with E-state index < -0.39 is 5.91 Å². The molecule has 2 aromatic heterocycles. The van der Waals surface area contributed by atoms with Gasteiger partial charge in [-0.25, -0.2) is 0 Å². The van der Waals surface area contributed by atoms with Crippen LogP contribution in [0.4, 0.5) is 0 Å². The van der Waals surface area contributed by atoms with Crippen LogP contribution in [-0.4, -0.2) is 34.7 Å². The van der Waals surface area contributed by atoms with Crippen LogP contribution in [-0.2, 0) is 6.42 Å². The number of halogens is 1. The second-order valence-corrected chi connectivity index (χ2v) is 7.07. The lowest BCUT2D eigenvalue weighted by molar-refractivity contribution is 0.0920. The molecule has 4 rings (SSSR count). The first-order valence-corrected chi connectivity index (χ1v) is 9.45. The van der Waals surface area contributed by atoms with Crippen LogP contribution in [0.5, 0.6) is 5.75 Å². The van der Waals surface area contributed by atoms with Crippen molar-refractivity contribution in [1.82, 2.24) is 20.5 Å². The molecule has 2 aromatic carbocycles. The van der Waals surface area contributed by atoms with Gasteiger partial charge in [-0.1, -0.05) is 22.0 Å². The Morgan fingerprint density at radius 1 is 1.25 bits per heavy atom. The summed E-state index contributed by atoms with van der Waals surface area (Å²) in [6.07, 6.45) is 2.60. The lowest BCUT2D eigenvalue weighted by atomic mass is 10.1. The van der Waals surface area contributed by atoms with Crippen molar-refractivity contribution in [2.24, 2.45) is 0 Å². The molecule has 4 aromatic rings. The molecule has 1 amide bonds. The van der Waals surface area contributed by atoms with Crippen LogP contribution in [0.1, 0.15) is 16.2 Å². The number of methoxy groups -OCH3 is 1. The van der Waals surface area contributed by atoms with Crippen LogP contribution in [0.15, 0.2) is 57.6 Å². The Morgan fingerprint density at radius 3 is 2.96 bits per heavy atom. The highest BCUT2D eigenvalue weighted by atomic mass is 79.9. The summed E-state index contributed by atoms with van der Waals surface area (Å²) in [5.41, 5.74) is 2.86. The van der Waals surface area contributed by atoms with Crippen molar-refractivity contribution in [3.8, 4) is 17.2 Å². The summed E-state index contributed by atoms with van der Waals surface area (Å²) in [6.45, 7) is 0.442. The molecule has 0 saturated carbocycles. The molecule has 0 saturated heterocycles. The molecule has 0 unspecified atom stereocenters. The molecular weight excluding hydrogens is 424 g/mol. The third-order valence-corrected chi connectivity index (χ3v) is 4.84. The normalized spacial score (nSPS) is 10.9. The predicted octanol–water partition coefficient (Wildman–Crippen LogP) is 3.96. The van der Waals surface area contributed by atoms with Crippen LogP contribution < -0.4 is 10.1 Å². The maximum absolute atomic E-state index is 12.3. The van der Waals surface area contributed by atoms with E-state index in [0.29, 0.717) is 18.9 Å². The highest BCUT2D eigenvalue weighted by molar-refractivity contribution is 9.10. The highest BCUT2D eigenvalue weighted by Gasteiger charge is 2.16. The first-order chi connectivity index (χ1) is 13.6. The molecule has 8 heteroatoms. The Balaban J connectivity index is 1.40. The Labute approximate surface area is 169 Å². The molecule has 0 aliphatic rings. The van der Waals surface area contributed by atoms with Gasteiger partial charge in [0.15, 0.2) is 0 Å². The van der Waals surface area contributed by atoms with E-state index in [1.54, 1.807) is 7.11 Å². The lowest BCUT2D eigenvalue weighted by Crippen LogP contribution is -2.25. The molecule has 0 bridgehead atoms. The molecule has 7 nitrogen and oxygen atoms in total. The van der Waals surface area contributed by atoms with Crippen LogP contribution >= 0.6 is 15.9 Å². The monoisotopic (exact) mass is 440 g/mol. The molecule has 0 aliphatic carbocycles. The van der Waals surface area contributed by atoms with Crippen molar-refractivity contribution in [1.29, 1.82) is 0 Å². The molecule has 0 atom stereocenters. The highest BCUT2D eigenvalue weighted by Crippen LogP contribution is 2.24. The van der Waals surface area contributed by atoms with E-state index in [9.17, 15) is 4.79 Å². The van der Waals surface area contributed by atoms with E-state index in [0.717, 1.165) is 32.3 Å². The molecular formula is C20H17BrN4O3. The molecule has 2 heterocycles. The van der Waals surface area contributed by atoms with E-state index in [4.69, 9.17) is 9.15 Å². The molecule has 0 fully saturated rings. The fraction of sp³-hybridized carbons (Fsp3) is 0.150. The van der Waals surface area contributed by atoms with Crippen molar-refractivity contribution in [3.63, 3.8) is 0 Å². The summed E-state index contributed by atoms with van der Waals surface area (Å²) in [6, 6.07) is 13.3. The number of hydrogen-bond donors (Lipinski definition) is 2. The number of H-pyrrole nitrogens is 1. The van der Waals surface area contributed by atoms with Gasteiger partial charge in [0, 0.05) is 33.7 Å². The minimum atomic E-state index is -0.397. The van der Waals surface area contributed by atoms with E-state index in [1.165, 1.54) is 0 Å². The average molecular weight is 441 g/mol. The number of carbonyl (C=O) groups is 1. The summed E-state index contributed by atoms with van der Waals surface area (Å²) < 4.78 is 11.7. The summed E-state index contributed by atoms with van der Waals surface area (Å²) in [5, 5.41) is 11.7. The summed E-state index contributed by atoms with van der Waals surface area (Å²) in [4.78, 5) is 15.5. The smallest absolute Gasteiger partial charge is 0.308 e. The van der Waals surface area contributed by atoms with Crippen molar-refractivity contribution in [2.45, 2.75) is 6.42 Å². The van der Waals surface area contributed by atoms with Crippen LogP contribution in [0.3, 0.4) is 0 Å². The van der Waals surface area contributed by atoms with Gasteiger partial charge in [-0.15, -0.1) is 10.2 Å². The Morgan fingerprint density at radius 2 is 2.14 bits per heavy atom. The zero-order valence-electron chi connectivity index (χ0n) is 15.0. The summed E-state index contributed by atoms with van der Waals surface area (Å²) >= 11 is 3.39. The van der Waals surface area contributed by atoms with Crippen LogP contribution in [0.25, 0.3) is 22.4 Å². The number of amides is 1. The van der Waals surface area contributed by atoms with Gasteiger partial charge in [0.1, 0.15) is 5.75 Å². The maximum Gasteiger partial charge on any atom is 0.308 e. The van der Waals surface area contributed by atoms with Gasteiger partial charge in [-0.2, -0.15) is 0 Å². The number of aromatic amines is 1. The molecule has 2 N–H and O–H groups in total. The molecule has 28 heavy (non-hydrogen) atoms. The van der Waals surface area contributed by atoms with Crippen LogP contribution in [0.2, 0.25) is 0 Å². The fourth-order valence-electron chi connectivity index (χ4n) is 2.93. The molecule has 0 spiro atoms. The number of nitrogens with zero attached hydrogens (tertiary/aromatic N) is 2. The van der Waals surface area contributed by atoms with Crippen molar-refractivity contribution >= 4 is 32.7 Å². The summed E-state index contributed by atoms with van der Waals surface area (Å²) in [5.74, 6) is 0.639. The topological polar surface area (TPSA) is 93.0 Å². The fourth-order valence-corrected chi connectivity index (χ4v) is 3.33. The zero-order chi connectivity index (χ0) is 19.5. The number of ether oxygens (including phenoxy) is 1. The third kappa shape index (κ3) is 3.77. The summed E-state index contributed by atoms with van der Waals surface area (Å²) in [7, 11) is 1.64. The Bertz CT molecular complexity index is 1140. The standard InChI is InChI=1S/C20H17BrN4O3/c1-27-15-5-6-17-16(10-15)13(11-23-17)7-8-22-18(26)20-25-24-19(28-20)12-3-2-4-14(21)9-12/h2-6,9-11,23H,7-8H2,1H3,(H,22,26). The van der Waals surface area contributed by atoms with Gasteiger partial charge in [0.2, 0.25) is 5.89 Å². The molecule has 0 aliphatic heterocycles. The number of carbonyl (C=O) groups excluding carboxylic acids is 1. The van der Waals surface area contributed by atoms with E-state index in [-0.39, 0.29) is 5.89 Å². The molecule has 0 radical (unpaired) electrons. The SMILES string of the molecule is COc1ccc2[nH]cc(CCNC(=O)c3nnc(-c4cccc(Br)c4)o3)c2c1. The van der Waals surface area contributed by atoms with Crippen molar-refractivity contribution < 1.29 is 13.9 Å². The number of aromatic nitrogens is 3.